The van der Waals surface area contributed by atoms with Gasteiger partial charge in [0.25, 0.3) is 5.56 Å². The van der Waals surface area contributed by atoms with Crippen molar-refractivity contribution in [2.75, 3.05) is 6.61 Å². The Labute approximate surface area is 143 Å². The summed E-state index contributed by atoms with van der Waals surface area (Å²) < 4.78 is 12.2. The number of rotatable bonds is 4. The van der Waals surface area contributed by atoms with Gasteiger partial charge in [-0.2, -0.15) is 4.98 Å². The van der Waals surface area contributed by atoms with E-state index in [0.717, 1.165) is 25.1 Å². The van der Waals surface area contributed by atoms with Gasteiger partial charge in [0.1, 0.15) is 0 Å². The summed E-state index contributed by atoms with van der Waals surface area (Å²) in [6.45, 7) is 7.27. The number of hydrogen-bond acceptors (Lipinski definition) is 4. The predicted molar refractivity (Wildman–Crippen MR) is 94.1 cm³/mol. The molecular formula is C17H21N5O3. The Bertz CT molecular complexity index is 1090. The standard InChI is InChI=1S/C17H21N5O3/c1-4-7-20-15(23)13-14(19(3)17(20)24)18-16-21(11(2)9-22(13)16)10-12-6-5-8-25-12/h4,9,12H,1,5-8,10H2,2-3H3/t12-/m1/s1. The average molecular weight is 343 g/mol. The van der Waals surface area contributed by atoms with E-state index in [0.29, 0.717) is 23.5 Å². The first-order chi connectivity index (χ1) is 12.0. The number of aryl methyl sites for hydroxylation is 2. The minimum atomic E-state index is -0.388. The van der Waals surface area contributed by atoms with E-state index in [1.807, 2.05) is 13.1 Å². The number of imidazole rings is 2. The lowest BCUT2D eigenvalue weighted by Gasteiger charge is -2.11. The van der Waals surface area contributed by atoms with Crippen molar-refractivity contribution in [3.05, 3.63) is 45.4 Å². The molecular weight excluding hydrogens is 322 g/mol. The number of aromatic nitrogens is 5. The van der Waals surface area contributed by atoms with Crippen molar-refractivity contribution in [2.24, 2.45) is 7.05 Å². The topological polar surface area (TPSA) is 75.5 Å². The van der Waals surface area contributed by atoms with E-state index in [2.05, 4.69) is 16.1 Å². The van der Waals surface area contributed by atoms with Gasteiger partial charge in [-0.25, -0.2) is 4.79 Å². The Hall–Kier alpha value is -2.61. The highest BCUT2D eigenvalue weighted by Gasteiger charge is 2.22. The van der Waals surface area contributed by atoms with Crippen LogP contribution in [-0.2, 0) is 24.9 Å². The van der Waals surface area contributed by atoms with Gasteiger partial charge in [-0.05, 0) is 19.8 Å². The van der Waals surface area contributed by atoms with Gasteiger partial charge in [0.15, 0.2) is 11.2 Å². The molecule has 4 heterocycles. The second-order valence-corrected chi connectivity index (χ2v) is 6.52. The fourth-order valence-electron chi connectivity index (χ4n) is 3.56. The number of ether oxygens (including phenoxy) is 1. The van der Waals surface area contributed by atoms with E-state index in [4.69, 9.17) is 4.74 Å². The summed E-state index contributed by atoms with van der Waals surface area (Å²) in [5.74, 6) is 0.659. The van der Waals surface area contributed by atoms with Crippen LogP contribution in [0.25, 0.3) is 16.9 Å². The van der Waals surface area contributed by atoms with Gasteiger partial charge in [-0.15, -0.1) is 6.58 Å². The molecule has 1 atom stereocenters. The predicted octanol–water partition coefficient (Wildman–Crippen LogP) is 0.823. The zero-order valence-electron chi connectivity index (χ0n) is 14.4. The molecule has 0 N–H and O–H groups in total. The molecule has 8 heteroatoms. The van der Waals surface area contributed by atoms with Crippen LogP contribution in [0.4, 0.5) is 0 Å². The van der Waals surface area contributed by atoms with E-state index >= 15 is 0 Å². The summed E-state index contributed by atoms with van der Waals surface area (Å²) >= 11 is 0. The highest BCUT2D eigenvalue weighted by atomic mass is 16.5. The van der Waals surface area contributed by atoms with Gasteiger partial charge in [0.05, 0.1) is 12.6 Å². The number of nitrogens with zero attached hydrogens (tertiary/aromatic N) is 5. The normalized spacial score (nSPS) is 17.8. The van der Waals surface area contributed by atoms with Crippen molar-refractivity contribution in [3.63, 3.8) is 0 Å². The second-order valence-electron chi connectivity index (χ2n) is 6.52. The molecule has 0 amide bonds. The van der Waals surface area contributed by atoms with Crippen LogP contribution in [0.5, 0.6) is 0 Å². The van der Waals surface area contributed by atoms with E-state index in [-0.39, 0.29) is 23.9 Å². The van der Waals surface area contributed by atoms with Crippen LogP contribution in [0.15, 0.2) is 28.4 Å². The third kappa shape index (κ3) is 2.28. The first-order valence-corrected chi connectivity index (χ1v) is 8.43. The summed E-state index contributed by atoms with van der Waals surface area (Å²) in [6.07, 6.45) is 5.69. The second kappa shape index (κ2) is 5.73. The number of fused-ring (bicyclic) bond motifs is 3. The van der Waals surface area contributed by atoms with Crippen molar-refractivity contribution >= 4 is 16.9 Å². The van der Waals surface area contributed by atoms with Crippen molar-refractivity contribution in [1.82, 2.24) is 23.1 Å². The van der Waals surface area contributed by atoms with E-state index in [1.54, 1.807) is 17.5 Å². The summed E-state index contributed by atoms with van der Waals surface area (Å²) in [7, 11) is 1.63. The van der Waals surface area contributed by atoms with Crippen LogP contribution in [0.1, 0.15) is 18.5 Å². The first-order valence-electron chi connectivity index (χ1n) is 8.43. The van der Waals surface area contributed by atoms with Crippen LogP contribution in [0, 0.1) is 6.92 Å². The van der Waals surface area contributed by atoms with Gasteiger partial charge < -0.3 is 9.30 Å². The Morgan fingerprint density at radius 3 is 2.88 bits per heavy atom. The van der Waals surface area contributed by atoms with Crippen LogP contribution in [-0.4, -0.2) is 35.8 Å². The molecule has 1 saturated heterocycles. The maximum Gasteiger partial charge on any atom is 0.332 e. The average Bonchev–Trinajstić information content (AvgIpc) is 3.28. The summed E-state index contributed by atoms with van der Waals surface area (Å²) in [6, 6.07) is 0. The van der Waals surface area contributed by atoms with Gasteiger partial charge in [0, 0.05) is 32.1 Å². The number of hydrogen-bond donors (Lipinski definition) is 0. The fraction of sp³-hybridized carbons (Fsp3) is 0.471. The highest BCUT2D eigenvalue weighted by molar-refractivity contribution is 5.75. The summed E-state index contributed by atoms with van der Waals surface area (Å²) in [4.78, 5) is 29.9. The molecule has 0 aliphatic carbocycles. The van der Waals surface area contributed by atoms with Crippen LogP contribution in [0.3, 0.4) is 0 Å². The van der Waals surface area contributed by atoms with Crippen molar-refractivity contribution in [3.8, 4) is 0 Å². The maximum absolute atomic E-state index is 12.8. The molecule has 0 radical (unpaired) electrons. The largest absolute Gasteiger partial charge is 0.376 e. The monoisotopic (exact) mass is 343 g/mol. The highest BCUT2D eigenvalue weighted by Crippen LogP contribution is 2.20. The Morgan fingerprint density at radius 2 is 2.20 bits per heavy atom. The Morgan fingerprint density at radius 1 is 1.40 bits per heavy atom. The lowest BCUT2D eigenvalue weighted by Crippen LogP contribution is -2.39. The first kappa shape index (κ1) is 15.9. The smallest absolute Gasteiger partial charge is 0.332 e. The molecule has 132 valence electrons. The summed E-state index contributed by atoms with van der Waals surface area (Å²) in [5, 5.41) is 0. The third-order valence-corrected chi connectivity index (χ3v) is 4.86. The van der Waals surface area contributed by atoms with Crippen molar-refractivity contribution < 1.29 is 4.74 Å². The van der Waals surface area contributed by atoms with Crippen LogP contribution in [0.2, 0.25) is 0 Å². The summed E-state index contributed by atoms with van der Waals surface area (Å²) in [5.41, 5.74) is 1.07. The SMILES string of the molecule is C=CCn1c(=O)c2c(nc3n(C[C@H]4CCCO4)c(C)cn23)n(C)c1=O. The van der Waals surface area contributed by atoms with Crippen LogP contribution >= 0.6 is 0 Å². The van der Waals surface area contributed by atoms with Crippen LogP contribution < -0.4 is 11.2 Å². The molecule has 4 rings (SSSR count). The molecule has 1 aliphatic rings. The quantitative estimate of drug-likeness (QED) is 0.658. The lowest BCUT2D eigenvalue weighted by atomic mass is 10.2. The zero-order valence-corrected chi connectivity index (χ0v) is 14.4. The van der Waals surface area contributed by atoms with Gasteiger partial charge in [-0.3, -0.25) is 18.3 Å². The molecule has 0 saturated carbocycles. The molecule has 25 heavy (non-hydrogen) atoms. The number of allylic oxidation sites excluding steroid dienone is 1. The minimum absolute atomic E-state index is 0.163. The maximum atomic E-state index is 12.8. The third-order valence-electron chi connectivity index (χ3n) is 4.86. The minimum Gasteiger partial charge on any atom is -0.376 e. The molecule has 1 fully saturated rings. The molecule has 8 nitrogen and oxygen atoms in total. The Kier molecular flexibility index (Phi) is 3.64. The van der Waals surface area contributed by atoms with E-state index in [9.17, 15) is 9.59 Å². The fourth-order valence-corrected chi connectivity index (χ4v) is 3.56. The molecule has 3 aromatic heterocycles. The molecule has 1 aliphatic heterocycles. The van der Waals surface area contributed by atoms with Crippen molar-refractivity contribution in [1.29, 1.82) is 0 Å². The van der Waals surface area contributed by atoms with E-state index in [1.165, 1.54) is 9.13 Å². The molecule has 3 aromatic rings. The lowest BCUT2D eigenvalue weighted by molar-refractivity contribution is 0.0974. The zero-order chi connectivity index (χ0) is 17.7. The van der Waals surface area contributed by atoms with Gasteiger partial charge >= 0.3 is 5.69 Å². The van der Waals surface area contributed by atoms with Gasteiger partial charge in [-0.1, -0.05) is 6.08 Å². The Balaban J connectivity index is 2.00. The molecule has 0 aromatic carbocycles. The molecule has 0 bridgehead atoms. The molecule has 0 unspecified atom stereocenters. The van der Waals surface area contributed by atoms with Crippen molar-refractivity contribution in [2.45, 2.75) is 39.0 Å². The molecule has 0 spiro atoms. The van der Waals surface area contributed by atoms with Gasteiger partial charge in [0.2, 0.25) is 5.78 Å². The van der Waals surface area contributed by atoms with E-state index < -0.39 is 0 Å².